The van der Waals surface area contributed by atoms with Gasteiger partial charge in [-0.15, -0.1) is 57.9 Å². The summed E-state index contributed by atoms with van der Waals surface area (Å²) in [5.41, 5.74) is 8.12. The average Bonchev–Trinajstić information content (AvgIpc) is 3.97. The van der Waals surface area contributed by atoms with Gasteiger partial charge in [0.05, 0.1) is 34.2 Å². The first-order chi connectivity index (χ1) is 28.1. The van der Waals surface area contributed by atoms with E-state index in [1.807, 2.05) is 90.1 Å². The van der Waals surface area contributed by atoms with E-state index in [4.69, 9.17) is 25.9 Å². The normalized spacial score (nSPS) is 11.7. The van der Waals surface area contributed by atoms with Crippen molar-refractivity contribution in [2.45, 2.75) is 67.0 Å². The summed E-state index contributed by atoms with van der Waals surface area (Å²) in [6.45, 7) is 16.1. The smallest absolute Gasteiger partial charge is 0.416 e. The largest absolute Gasteiger partial charge is 0.496 e. The van der Waals surface area contributed by atoms with Crippen LogP contribution in [0.15, 0.2) is 118 Å². The Morgan fingerprint density at radius 2 is 0.833 bits per heavy atom. The first kappa shape index (κ1) is 45.4. The second-order valence-corrected chi connectivity index (χ2v) is 38.1. The van der Waals surface area contributed by atoms with Gasteiger partial charge in [-0.05, 0) is 111 Å². The van der Waals surface area contributed by atoms with Crippen molar-refractivity contribution in [1.82, 2.24) is 0 Å². The summed E-state index contributed by atoms with van der Waals surface area (Å²) in [6.07, 6.45) is -8.66. The van der Waals surface area contributed by atoms with E-state index in [9.17, 15) is 26.3 Å². The second kappa shape index (κ2) is 18.1. The molecular formula is C48H42Cl2F6O2SiZr-2. The summed E-state index contributed by atoms with van der Waals surface area (Å²) < 4.78 is 88.9. The van der Waals surface area contributed by atoms with Crippen LogP contribution < -0.4 is 0 Å². The van der Waals surface area contributed by atoms with Crippen molar-refractivity contribution < 1.29 is 53.2 Å². The van der Waals surface area contributed by atoms with Crippen molar-refractivity contribution in [3.05, 3.63) is 154 Å². The SMILES string of the molecule is C[Si](C)=[Zr]([Cl])[Cl].Cc1cc(-c2cc3c(-c4ccc(C(F)(F)F)cc4)c(C)ccc3[cH-]2)oc1C.Cc1cc(-c2cc3c(-c4ccc(C(F)(F)F)cc4)c(C)ccc3[cH-]2)oc1C. The molecule has 2 nitrogen and oxygen atoms in total. The van der Waals surface area contributed by atoms with Gasteiger partial charge in [0.2, 0.25) is 0 Å². The van der Waals surface area contributed by atoms with Crippen LogP contribution in [0, 0.1) is 41.5 Å². The molecule has 0 fully saturated rings. The zero-order valence-electron chi connectivity index (χ0n) is 34.2. The van der Waals surface area contributed by atoms with E-state index < -0.39 is 41.5 Å². The van der Waals surface area contributed by atoms with Gasteiger partial charge in [-0.1, -0.05) is 58.7 Å². The first-order valence-electron chi connectivity index (χ1n) is 19.0. The number of rotatable bonds is 4. The molecule has 0 spiro atoms. The quantitative estimate of drug-likeness (QED) is 0.0998. The number of benzene rings is 4. The fourth-order valence-electron chi connectivity index (χ4n) is 6.91. The molecular weight excluding hydrogens is 913 g/mol. The van der Waals surface area contributed by atoms with Crippen LogP contribution in [-0.4, -0.2) is 5.43 Å². The van der Waals surface area contributed by atoms with Crippen LogP contribution in [0.25, 0.3) is 66.4 Å². The van der Waals surface area contributed by atoms with Crippen LogP contribution in [-0.2, 0) is 30.3 Å². The Morgan fingerprint density at radius 1 is 0.500 bits per heavy atom. The summed E-state index contributed by atoms with van der Waals surface area (Å²) in [7, 11) is 11.2. The summed E-state index contributed by atoms with van der Waals surface area (Å²) in [5.74, 6) is 3.37. The van der Waals surface area contributed by atoms with E-state index in [0.29, 0.717) is 0 Å². The maximum Gasteiger partial charge on any atom is 0.416 e. The number of aryl methyl sites for hydroxylation is 6. The summed E-state index contributed by atoms with van der Waals surface area (Å²) in [5, 5.41) is 4.10. The van der Waals surface area contributed by atoms with Crippen molar-refractivity contribution in [1.29, 1.82) is 0 Å². The molecule has 0 aliphatic carbocycles. The van der Waals surface area contributed by atoms with Gasteiger partial charge < -0.3 is 8.83 Å². The average molecular weight is 955 g/mol. The van der Waals surface area contributed by atoms with Gasteiger partial charge in [0.25, 0.3) is 0 Å². The predicted molar refractivity (Wildman–Crippen MR) is 233 cm³/mol. The minimum Gasteiger partial charge on any atom is -0.496 e. The fraction of sp³-hybridized carbons (Fsp3) is 0.208. The molecule has 0 radical (unpaired) electrons. The fourth-order valence-corrected chi connectivity index (χ4v) is 6.91. The van der Waals surface area contributed by atoms with Gasteiger partial charge in [-0.2, -0.15) is 26.3 Å². The monoisotopic (exact) mass is 952 g/mol. The van der Waals surface area contributed by atoms with Gasteiger partial charge >= 0.3 is 65.9 Å². The van der Waals surface area contributed by atoms with E-state index in [0.717, 1.165) is 124 Å². The Morgan fingerprint density at radius 3 is 1.10 bits per heavy atom. The summed E-state index contributed by atoms with van der Waals surface area (Å²) >= 11 is -1.65. The minimum atomic E-state index is -4.33. The predicted octanol–water partition coefficient (Wildman–Crippen LogP) is 17.0. The van der Waals surface area contributed by atoms with Gasteiger partial charge in [-0.3, -0.25) is 0 Å². The maximum atomic E-state index is 12.9. The molecule has 0 N–H and O–H groups in total. The number of furan rings is 2. The molecule has 2 aromatic heterocycles. The van der Waals surface area contributed by atoms with E-state index >= 15 is 0 Å². The summed E-state index contributed by atoms with van der Waals surface area (Å²) in [6, 6.07) is 31.0. The van der Waals surface area contributed by atoms with E-state index in [2.05, 4.69) is 25.2 Å². The van der Waals surface area contributed by atoms with Gasteiger partial charge in [-0.25, -0.2) is 0 Å². The van der Waals surface area contributed by atoms with Gasteiger partial charge in [0.15, 0.2) is 0 Å². The zero-order valence-corrected chi connectivity index (χ0v) is 39.2. The van der Waals surface area contributed by atoms with E-state index in [1.165, 1.54) is 0 Å². The number of hydrogen-bond acceptors (Lipinski definition) is 2. The van der Waals surface area contributed by atoms with Crippen molar-refractivity contribution in [2.75, 3.05) is 0 Å². The third kappa shape index (κ3) is 10.2. The molecule has 0 saturated carbocycles. The van der Waals surface area contributed by atoms with Crippen LogP contribution in [0.2, 0.25) is 13.1 Å². The molecule has 8 rings (SSSR count). The Bertz CT molecular complexity index is 2590. The van der Waals surface area contributed by atoms with Crippen LogP contribution >= 0.6 is 17.0 Å². The molecule has 0 bridgehead atoms. The topological polar surface area (TPSA) is 26.3 Å². The molecule has 0 saturated heterocycles. The molecule has 12 heteroatoms. The maximum absolute atomic E-state index is 12.9. The van der Waals surface area contributed by atoms with E-state index in [1.54, 1.807) is 24.3 Å². The van der Waals surface area contributed by atoms with Crippen molar-refractivity contribution >= 4 is 44.0 Å². The minimum absolute atomic E-state index is 0.224. The Hall–Kier alpha value is -4.08. The standard InChI is InChI=1S/2C23H18F3O.C2H6Si.2ClH.Zr/c2*1-13-4-5-17-11-18(21-10-14(2)15(3)27-21)12-20(17)22(13)16-6-8-19(9-7-16)23(24,25)26;1-3-2;;;/h2*4-12H,1-3H3;1-2H3;2*1H;/q2*-1;;;;+2/p-2. The molecule has 0 unspecified atom stereocenters. The molecule has 6 aromatic carbocycles. The molecule has 0 aliphatic rings. The third-order valence-corrected chi connectivity index (χ3v) is 30.2. The number of alkyl halides is 6. The van der Waals surface area contributed by atoms with Gasteiger partial charge in [0.1, 0.15) is 0 Å². The molecule has 0 amide bonds. The molecule has 0 aliphatic heterocycles. The molecule has 8 aromatic rings. The number of halogens is 8. The van der Waals surface area contributed by atoms with Crippen LogP contribution in [0.3, 0.4) is 0 Å². The second-order valence-electron chi connectivity index (χ2n) is 15.1. The summed E-state index contributed by atoms with van der Waals surface area (Å²) in [4.78, 5) is 0. The van der Waals surface area contributed by atoms with Crippen molar-refractivity contribution in [3.8, 4) is 44.9 Å². The number of fused-ring (bicyclic) bond motifs is 2. The Labute approximate surface area is 360 Å². The van der Waals surface area contributed by atoms with E-state index in [-0.39, 0.29) is 5.43 Å². The first-order valence-corrected chi connectivity index (χ1v) is 31.5. The Balaban J connectivity index is 0.000000177. The molecule has 60 heavy (non-hydrogen) atoms. The van der Waals surface area contributed by atoms with Gasteiger partial charge in [0, 0.05) is 0 Å². The van der Waals surface area contributed by atoms with Crippen molar-refractivity contribution in [3.63, 3.8) is 0 Å². The van der Waals surface area contributed by atoms with Crippen molar-refractivity contribution in [2.24, 2.45) is 0 Å². The molecule has 2 heterocycles. The molecule has 312 valence electrons. The third-order valence-electron chi connectivity index (χ3n) is 10.5. The van der Waals surface area contributed by atoms with Crippen LogP contribution in [0.4, 0.5) is 26.3 Å². The van der Waals surface area contributed by atoms with Crippen LogP contribution in [0.5, 0.6) is 0 Å². The van der Waals surface area contributed by atoms with Crippen LogP contribution in [0.1, 0.15) is 44.9 Å². The Kier molecular flexibility index (Phi) is 13.7. The molecule has 0 atom stereocenters. The zero-order chi connectivity index (χ0) is 43.8. The number of hydrogen-bond donors (Lipinski definition) is 0.